The lowest BCUT2D eigenvalue weighted by atomic mass is 10.0. The minimum absolute atomic E-state index is 0.0822. The van der Waals surface area contributed by atoms with Gasteiger partial charge < -0.3 is 0 Å². The molecule has 0 heterocycles. The Hall–Kier alpha value is -1.23. The van der Waals surface area contributed by atoms with Gasteiger partial charge in [0.25, 0.3) is 5.69 Å². The molecule has 0 atom stereocenters. The molecule has 0 aliphatic carbocycles. The van der Waals surface area contributed by atoms with Crippen LogP contribution in [0, 0.1) is 10.1 Å². The summed E-state index contributed by atoms with van der Waals surface area (Å²) in [6.07, 6.45) is 1.41. The lowest BCUT2D eigenvalue weighted by Gasteiger charge is -2.03. The molecule has 0 aliphatic rings. The zero-order chi connectivity index (χ0) is 11.4. The highest BCUT2D eigenvalue weighted by molar-refractivity contribution is 9.18. The molecule has 1 aromatic carbocycles. The highest BCUT2D eigenvalue weighted by atomic mass is 79.9. The molecule has 0 bridgehead atoms. The molecule has 80 valence electrons. The standard InChI is InChI=1S/C10H10BrNO3/c1-2-4-7-5-3-6-8(10(11)13)9(7)12(14)15/h3,5-6H,2,4H2,1H3. The highest BCUT2D eigenvalue weighted by Gasteiger charge is 2.21. The average molecular weight is 272 g/mol. The van der Waals surface area contributed by atoms with Crippen molar-refractivity contribution in [3.05, 3.63) is 39.4 Å². The number of aryl methyl sites for hydroxylation is 1. The Kier molecular flexibility index (Phi) is 3.96. The molecular formula is C10H10BrNO3. The molecule has 0 spiro atoms. The van der Waals surface area contributed by atoms with Crippen LogP contribution in [0.5, 0.6) is 0 Å². The van der Waals surface area contributed by atoms with E-state index in [1.807, 2.05) is 6.92 Å². The summed E-state index contributed by atoms with van der Waals surface area (Å²) < 4.78 is -0.452. The predicted octanol–water partition coefficient (Wildman–Crippen LogP) is 3.08. The van der Waals surface area contributed by atoms with Gasteiger partial charge in [-0.15, -0.1) is 0 Å². The number of rotatable bonds is 4. The summed E-state index contributed by atoms with van der Waals surface area (Å²) in [5.74, 6) is 0. The molecule has 0 saturated heterocycles. The smallest absolute Gasteiger partial charge is 0.281 e. The van der Waals surface area contributed by atoms with Crippen molar-refractivity contribution < 1.29 is 9.72 Å². The van der Waals surface area contributed by atoms with Gasteiger partial charge in [0.2, 0.25) is 4.69 Å². The van der Waals surface area contributed by atoms with Crippen LogP contribution in [0.2, 0.25) is 0 Å². The predicted molar refractivity (Wildman–Crippen MR) is 60.3 cm³/mol. The first-order chi connectivity index (χ1) is 7.07. The highest BCUT2D eigenvalue weighted by Crippen LogP contribution is 2.26. The first kappa shape index (κ1) is 11.8. The first-order valence-electron chi connectivity index (χ1n) is 4.54. The maximum absolute atomic E-state index is 11.1. The van der Waals surface area contributed by atoms with Gasteiger partial charge in [0.05, 0.1) is 4.92 Å². The maximum atomic E-state index is 11.1. The molecule has 0 unspecified atom stereocenters. The van der Waals surface area contributed by atoms with E-state index >= 15 is 0 Å². The van der Waals surface area contributed by atoms with Crippen LogP contribution in [0.1, 0.15) is 29.3 Å². The number of nitrogens with zero attached hydrogens (tertiary/aromatic N) is 1. The largest absolute Gasteiger partial charge is 0.284 e. The van der Waals surface area contributed by atoms with E-state index in [9.17, 15) is 14.9 Å². The van der Waals surface area contributed by atoms with Gasteiger partial charge in [0.1, 0.15) is 5.56 Å². The third-order valence-corrected chi connectivity index (χ3v) is 2.46. The minimum atomic E-state index is -0.501. The molecule has 0 N–H and O–H groups in total. The number of benzene rings is 1. The van der Waals surface area contributed by atoms with Crippen LogP contribution in [0.25, 0.3) is 0 Å². The number of hydrogen-bond donors (Lipinski definition) is 0. The zero-order valence-electron chi connectivity index (χ0n) is 8.20. The van der Waals surface area contributed by atoms with E-state index in [1.165, 1.54) is 6.07 Å². The van der Waals surface area contributed by atoms with Gasteiger partial charge in [-0.2, -0.15) is 0 Å². The second-order valence-electron chi connectivity index (χ2n) is 3.09. The van der Waals surface area contributed by atoms with Gasteiger partial charge in [0.15, 0.2) is 0 Å². The van der Waals surface area contributed by atoms with Gasteiger partial charge in [-0.1, -0.05) is 25.5 Å². The van der Waals surface area contributed by atoms with Crippen molar-refractivity contribution >= 4 is 26.3 Å². The summed E-state index contributed by atoms with van der Waals surface area (Å²) in [6.45, 7) is 1.94. The number of carbonyl (C=O) groups excluding carboxylic acids is 1. The lowest BCUT2D eigenvalue weighted by molar-refractivity contribution is -0.385. The SMILES string of the molecule is CCCc1cccc(C(=O)Br)c1[N+](=O)[O-]. The van der Waals surface area contributed by atoms with Gasteiger partial charge in [0, 0.05) is 5.56 Å². The topological polar surface area (TPSA) is 60.2 Å². The van der Waals surface area contributed by atoms with Gasteiger partial charge in [-0.25, -0.2) is 0 Å². The summed E-state index contributed by atoms with van der Waals surface area (Å²) in [5, 5.41) is 10.9. The van der Waals surface area contributed by atoms with Gasteiger partial charge in [-0.05, 0) is 28.4 Å². The minimum Gasteiger partial charge on any atom is -0.281 e. The molecule has 0 saturated carbocycles. The lowest BCUT2D eigenvalue weighted by Crippen LogP contribution is -2.02. The number of nitro benzene ring substituents is 1. The molecule has 5 heteroatoms. The molecule has 0 aromatic heterocycles. The Balaban J connectivity index is 3.34. The Labute approximate surface area is 95.6 Å². The van der Waals surface area contributed by atoms with E-state index in [1.54, 1.807) is 12.1 Å². The molecular weight excluding hydrogens is 262 g/mol. The zero-order valence-corrected chi connectivity index (χ0v) is 9.78. The van der Waals surface area contributed by atoms with Crippen LogP contribution >= 0.6 is 15.9 Å². The van der Waals surface area contributed by atoms with Crippen molar-refractivity contribution in [3.63, 3.8) is 0 Å². The molecule has 1 rings (SSSR count). The molecule has 0 radical (unpaired) electrons. The van der Waals surface area contributed by atoms with Crippen molar-refractivity contribution in [1.29, 1.82) is 0 Å². The van der Waals surface area contributed by atoms with E-state index in [4.69, 9.17) is 0 Å². The summed E-state index contributed by atoms with van der Waals surface area (Å²) in [5.41, 5.74) is 0.639. The summed E-state index contributed by atoms with van der Waals surface area (Å²) in [7, 11) is 0. The normalized spacial score (nSPS) is 10.0. The van der Waals surface area contributed by atoms with Crippen LogP contribution in [0.15, 0.2) is 18.2 Å². The fraction of sp³-hybridized carbons (Fsp3) is 0.300. The van der Waals surface area contributed by atoms with Crippen molar-refractivity contribution in [3.8, 4) is 0 Å². The number of hydrogen-bond acceptors (Lipinski definition) is 3. The number of nitro groups is 1. The molecule has 15 heavy (non-hydrogen) atoms. The quantitative estimate of drug-likeness (QED) is 0.480. The third kappa shape index (κ3) is 2.62. The summed E-state index contributed by atoms with van der Waals surface area (Å²) in [4.78, 5) is 21.5. The maximum Gasteiger partial charge on any atom is 0.284 e. The molecule has 1 aromatic rings. The van der Waals surface area contributed by atoms with Crippen LogP contribution < -0.4 is 0 Å². The monoisotopic (exact) mass is 271 g/mol. The summed E-state index contributed by atoms with van der Waals surface area (Å²) >= 11 is 2.74. The van der Waals surface area contributed by atoms with Crippen LogP contribution in [0.3, 0.4) is 0 Å². The summed E-state index contributed by atoms with van der Waals surface area (Å²) in [6, 6.07) is 4.79. The van der Waals surface area contributed by atoms with Gasteiger partial charge >= 0.3 is 0 Å². The number of para-hydroxylation sites is 1. The van der Waals surface area contributed by atoms with Crippen LogP contribution in [-0.4, -0.2) is 9.62 Å². The van der Waals surface area contributed by atoms with Crippen molar-refractivity contribution in [1.82, 2.24) is 0 Å². The molecule has 0 aliphatic heterocycles. The molecule has 0 fully saturated rings. The Morgan fingerprint density at radius 3 is 2.67 bits per heavy atom. The van der Waals surface area contributed by atoms with Gasteiger partial charge in [-0.3, -0.25) is 14.9 Å². The van der Waals surface area contributed by atoms with E-state index in [-0.39, 0.29) is 11.3 Å². The fourth-order valence-corrected chi connectivity index (χ4v) is 1.76. The number of halogens is 1. The average Bonchev–Trinajstić information content (AvgIpc) is 2.17. The second-order valence-corrected chi connectivity index (χ2v) is 3.81. The Bertz CT molecular complexity index is 404. The first-order valence-corrected chi connectivity index (χ1v) is 5.33. The fourth-order valence-electron chi connectivity index (χ4n) is 1.44. The van der Waals surface area contributed by atoms with Crippen LogP contribution in [0.4, 0.5) is 5.69 Å². The third-order valence-electron chi connectivity index (χ3n) is 2.03. The Morgan fingerprint density at radius 2 is 2.20 bits per heavy atom. The van der Waals surface area contributed by atoms with Crippen molar-refractivity contribution in [2.45, 2.75) is 19.8 Å². The molecule has 0 amide bonds. The second kappa shape index (κ2) is 5.02. The number of carbonyl (C=O) groups is 1. The van der Waals surface area contributed by atoms with E-state index in [2.05, 4.69) is 15.9 Å². The van der Waals surface area contributed by atoms with E-state index in [0.717, 1.165) is 6.42 Å². The van der Waals surface area contributed by atoms with E-state index < -0.39 is 9.62 Å². The molecule has 4 nitrogen and oxygen atoms in total. The van der Waals surface area contributed by atoms with Crippen LogP contribution in [-0.2, 0) is 6.42 Å². The van der Waals surface area contributed by atoms with E-state index in [0.29, 0.717) is 12.0 Å². The Morgan fingerprint density at radius 1 is 1.53 bits per heavy atom. The van der Waals surface area contributed by atoms with Crippen molar-refractivity contribution in [2.24, 2.45) is 0 Å². The van der Waals surface area contributed by atoms with Crippen molar-refractivity contribution in [2.75, 3.05) is 0 Å².